The second-order valence-electron chi connectivity index (χ2n) is 19.2. The van der Waals surface area contributed by atoms with E-state index in [9.17, 15) is 14.7 Å². The van der Waals surface area contributed by atoms with Gasteiger partial charge >= 0.3 is 6.09 Å². The molecule has 72 heavy (non-hydrogen) atoms. The standard InChI is InChI=1S/C27H24N4O.C25H30N4O2.C7H6O2/c32-23-9-7-19(8-10-23)26-30-25-24(21-6-5-18-3-1-2-4-20(18)17-21)13-16-29-27(25)31(26)22-11-14-28-15-12-22;1-25(2,3)31-24(30)29-14-11-20(12-15-29)28-23-22(26)21(10-13-27-23)19-9-8-17-6-4-5-7-18(17)16-19;8-5-6-1-3-7(9)4-2-6/h1-10,13,16-17,22,28,32H,11-12,14-15H2;4-10,13,16,20H,11-12,14-15,26H2,1-3H3,(H,27,28);1-5,9H. The molecule has 2 aliphatic rings. The predicted octanol–water partition coefficient (Wildman–Crippen LogP) is 12.0. The van der Waals surface area contributed by atoms with E-state index in [2.05, 4.69) is 99.0 Å². The Bertz CT molecular complexity index is 3320. The maximum atomic E-state index is 12.3. The van der Waals surface area contributed by atoms with Crippen LogP contribution >= 0.6 is 0 Å². The minimum atomic E-state index is -0.478. The minimum Gasteiger partial charge on any atom is -0.508 e. The number of nitrogens with zero attached hydrogens (tertiary/aromatic N) is 5. The summed E-state index contributed by atoms with van der Waals surface area (Å²) in [4.78, 5) is 38.5. The number of pyridine rings is 2. The molecule has 3 aromatic heterocycles. The van der Waals surface area contributed by atoms with Crippen LogP contribution < -0.4 is 16.4 Å². The number of benzene rings is 6. The van der Waals surface area contributed by atoms with E-state index in [-0.39, 0.29) is 23.6 Å². The molecular formula is C59H60N8O5. The summed E-state index contributed by atoms with van der Waals surface area (Å²) in [5, 5.41) is 30.3. The summed E-state index contributed by atoms with van der Waals surface area (Å²) in [5.41, 5.74) is 14.4. The molecule has 0 radical (unpaired) electrons. The maximum absolute atomic E-state index is 12.3. The third-order valence-corrected chi connectivity index (χ3v) is 13.0. The average Bonchev–Trinajstić information content (AvgIpc) is 3.80. The predicted molar refractivity (Wildman–Crippen MR) is 288 cm³/mol. The van der Waals surface area contributed by atoms with E-state index in [1.807, 2.05) is 57.3 Å². The topological polar surface area (TPSA) is 181 Å². The molecule has 11 rings (SSSR count). The molecule has 2 saturated heterocycles. The van der Waals surface area contributed by atoms with Crippen molar-refractivity contribution < 1.29 is 24.5 Å². The Morgan fingerprint density at radius 3 is 1.83 bits per heavy atom. The lowest BCUT2D eigenvalue weighted by atomic mass is 10.0. The van der Waals surface area contributed by atoms with Gasteiger partial charge in [0.05, 0.1) is 5.69 Å². The number of carbonyl (C=O) groups is 2. The number of rotatable bonds is 7. The highest BCUT2D eigenvalue weighted by atomic mass is 16.6. The van der Waals surface area contributed by atoms with E-state index in [4.69, 9.17) is 25.5 Å². The first-order valence-corrected chi connectivity index (χ1v) is 24.5. The van der Waals surface area contributed by atoms with Crippen molar-refractivity contribution in [3.8, 4) is 45.1 Å². The number of hydrogen-bond donors (Lipinski definition) is 5. The number of aldehydes is 1. The van der Waals surface area contributed by atoms with Gasteiger partial charge in [0.2, 0.25) is 0 Å². The van der Waals surface area contributed by atoms with Gasteiger partial charge in [-0.15, -0.1) is 0 Å². The zero-order valence-corrected chi connectivity index (χ0v) is 40.8. The van der Waals surface area contributed by atoms with Crippen molar-refractivity contribution in [2.75, 3.05) is 37.2 Å². The number of imidazole rings is 1. The molecule has 0 aliphatic carbocycles. The molecule has 0 atom stereocenters. The van der Waals surface area contributed by atoms with Crippen molar-refractivity contribution in [1.29, 1.82) is 0 Å². The van der Waals surface area contributed by atoms with Gasteiger partial charge in [0.15, 0.2) is 5.65 Å². The Kier molecular flexibility index (Phi) is 14.7. The third-order valence-electron chi connectivity index (χ3n) is 13.0. The molecule has 0 spiro atoms. The van der Waals surface area contributed by atoms with E-state index < -0.39 is 5.60 Å². The molecule has 9 aromatic rings. The lowest BCUT2D eigenvalue weighted by Gasteiger charge is -2.34. The second kappa shape index (κ2) is 21.8. The lowest BCUT2D eigenvalue weighted by molar-refractivity contribution is 0.0210. The van der Waals surface area contributed by atoms with Gasteiger partial charge in [0.1, 0.15) is 40.5 Å². The monoisotopic (exact) mass is 960 g/mol. The number of nitrogens with two attached hydrogens (primary N) is 1. The number of nitrogens with one attached hydrogen (secondary N) is 2. The van der Waals surface area contributed by atoms with E-state index in [0.29, 0.717) is 36.2 Å². The minimum absolute atomic E-state index is 0.181. The highest BCUT2D eigenvalue weighted by Gasteiger charge is 2.28. The number of nitrogen functional groups attached to an aromatic ring is 1. The molecular weight excluding hydrogens is 901 g/mol. The Morgan fingerprint density at radius 1 is 0.694 bits per heavy atom. The van der Waals surface area contributed by atoms with Crippen LogP contribution in [0, 0.1) is 0 Å². The molecule has 2 fully saturated rings. The van der Waals surface area contributed by atoms with E-state index >= 15 is 0 Å². The number of phenolic OH excluding ortho intramolecular Hbond substituents is 2. The zero-order chi connectivity index (χ0) is 50.2. The highest BCUT2D eigenvalue weighted by molar-refractivity contribution is 5.96. The molecule has 366 valence electrons. The first-order chi connectivity index (χ1) is 34.9. The van der Waals surface area contributed by atoms with Crippen molar-refractivity contribution in [2.45, 2.75) is 64.1 Å². The number of amides is 1. The summed E-state index contributed by atoms with van der Waals surface area (Å²) in [5.74, 6) is 2.04. The number of carbonyl (C=O) groups excluding carboxylic acids is 2. The van der Waals surface area contributed by atoms with Gasteiger partial charge in [-0.2, -0.15) is 0 Å². The Morgan fingerprint density at radius 2 is 1.24 bits per heavy atom. The molecule has 5 heterocycles. The largest absolute Gasteiger partial charge is 0.508 e. The van der Waals surface area contributed by atoms with Crippen LogP contribution in [0.5, 0.6) is 11.5 Å². The van der Waals surface area contributed by atoms with Gasteiger partial charge < -0.3 is 40.8 Å². The number of fused-ring (bicyclic) bond motifs is 3. The van der Waals surface area contributed by atoms with Crippen molar-refractivity contribution in [3.05, 3.63) is 164 Å². The molecule has 13 heteroatoms. The molecule has 6 aromatic carbocycles. The van der Waals surface area contributed by atoms with Crippen LogP contribution in [-0.4, -0.2) is 84.8 Å². The molecule has 6 N–H and O–H groups in total. The fourth-order valence-electron chi connectivity index (χ4n) is 9.28. The molecule has 13 nitrogen and oxygen atoms in total. The van der Waals surface area contributed by atoms with Crippen LogP contribution in [0.1, 0.15) is 62.9 Å². The van der Waals surface area contributed by atoms with E-state index in [1.165, 1.54) is 33.7 Å². The molecule has 0 bridgehead atoms. The normalized spacial score (nSPS) is 14.2. The van der Waals surface area contributed by atoms with Crippen molar-refractivity contribution >= 4 is 56.6 Å². The smallest absolute Gasteiger partial charge is 0.410 e. The Balaban J connectivity index is 0.000000152. The van der Waals surface area contributed by atoms with Crippen LogP contribution in [0.15, 0.2) is 158 Å². The fourth-order valence-corrected chi connectivity index (χ4v) is 9.28. The molecule has 2 aliphatic heterocycles. The summed E-state index contributed by atoms with van der Waals surface area (Å²) in [6.45, 7) is 8.93. The number of aromatic hydroxyl groups is 2. The SMILES string of the molecule is CC(C)(C)OC(=O)N1CCC(Nc2nccc(-c3ccc4ccccc4c3)c2N)CC1.O=Cc1ccc(O)cc1.Oc1ccc(-c2nc3c(-c4ccc5ccccc5c4)ccnc3n2C2CCNCC2)cc1. The molecule has 1 amide bonds. The van der Waals surface area contributed by atoms with Crippen LogP contribution in [0.3, 0.4) is 0 Å². The van der Waals surface area contributed by atoms with Crippen molar-refractivity contribution in [1.82, 2.24) is 29.7 Å². The number of ether oxygens (including phenoxy) is 1. The van der Waals surface area contributed by atoms with Crippen LogP contribution in [0.25, 0.3) is 66.4 Å². The summed E-state index contributed by atoms with van der Waals surface area (Å²) in [6, 6.07) is 47.6. The number of likely N-dealkylation sites (tertiary alicyclic amines) is 1. The maximum Gasteiger partial charge on any atom is 0.410 e. The number of phenols is 2. The van der Waals surface area contributed by atoms with Crippen LogP contribution in [0.2, 0.25) is 0 Å². The molecule has 0 saturated carbocycles. The number of aromatic nitrogens is 4. The number of hydrogen-bond acceptors (Lipinski definition) is 11. The van der Waals surface area contributed by atoms with Crippen LogP contribution in [-0.2, 0) is 4.74 Å². The Labute approximate surface area is 419 Å². The van der Waals surface area contributed by atoms with E-state index in [0.717, 1.165) is 89.9 Å². The second-order valence-corrected chi connectivity index (χ2v) is 19.2. The van der Waals surface area contributed by atoms with Gasteiger partial charge in [0, 0.05) is 59.8 Å². The Hall–Kier alpha value is -8.29. The van der Waals surface area contributed by atoms with Gasteiger partial charge in [-0.1, -0.05) is 72.8 Å². The fraction of sp³-hybridized carbons (Fsp3) is 0.237. The van der Waals surface area contributed by atoms with Crippen LogP contribution in [0.4, 0.5) is 16.3 Å². The first kappa shape index (κ1) is 48.7. The van der Waals surface area contributed by atoms with E-state index in [1.54, 1.807) is 35.4 Å². The number of anilines is 2. The van der Waals surface area contributed by atoms with Gasteiger partial charge in [-0.25, -0.2) is 19.7 Å². The third kappa shape index (κ3) is 11.5. The van der Waals surface area contributed by atoms with Crippen molar-refractivity contribution in [2.24, 2.45) is 0 Å². The summed E-state index contributed by atoms with van der Waals surface area (Å²) in [7, 11) is 0. The van der Waals surface area contributed by atoms with Crippen molar-refractivity contribution in [3.63, 3.8) is 0 Å². The first-order valence-electron chi connectivity index (χ1n) is 24.5. The number of piperidine rings is 2. The highest BCUT2D eigenvalue weighted by Crippen LogP contribution is 2.37. The van der Waals surface area contributed by atoms with Gasteiger partial charge in [-0.3, -0.25) is 4.79 Å². The lowest BCUT2D eigenvalue weighted by Crippen LogP contribution is -2.44. The zero-order valence-electron chi connectivity index (χ0n) is 40.8. The summed E-state index contributed by atoms with van der Waals surface area (Å²) >= 11 is 0. The average molecular weight is 961 g/mol. The van der Waals surface area contributed by atoms with Gasteiger partial charge in [0.25, 0.3) is 0 Å². The molecule has 0 unspecified atom stereocenters. The summed E-state index contributed by atoms with van der Waals surface area (Å²) in [6.07, 6.45) is 7.89. The summed E-state index contributed by atoms with van der Waals surface area (Å²) < 4.78 is 7.79. The van der Waals surface area contributed by atoms with Gasteiger partial charge in [-0.05, 0) is 165 Å². The quantitative estimate of drug-likeness (QED) is 0.0959.